The molecule has 27 heavy (non-hydrogen) atoms. The van der Waals surface area contributed by atoms with Crippen LogP contribution in [0.25, 0.3) is 5.70 Å². The van der Waals surface area contributed by atoms with Crippen LogP contribution in [-0.2, 0) is 10.0 Å². The molecule has 0 bridgehead atoms. The van der Waals surface area contributed by atoms with E-state index in [-0.39, 0.29) is 11.4 Å². The van der Waals surface area contributed by atoms with E-state index in [1.807, 2.05) is 13.0 Å². The first kappa shape index (κ1) is 19.1. The quantitative estimate of drug-likeness (QED) is 0.697. The molecule has 10 heteroatoms. The second-order valence-corrected chi connectivity index (χ2v) is 7.92. The van der Waals surface area contributed by atoms with E-state index in [9.17, 15) is 17.2 Å². The van der Waals surface area contributed by atoms with Crippen molar-refractivity contribution in [2.75, 3.05) is 15.5 Å². The molecule has 0 radical (unpaired) electrons. The van der Waals surface area contributed by atoms with Crippen molar-refractivity contribution in [3.05, 3.63) is 59.6 Å². The van der Waals surface area contributed by atoms with E-state index in [4.69, 9.17) is 0 Å². The third-order valence-corrected chi connectivity index (χ3v) is 5.28. The Morgan fingerprint density at radius 1 is 1.26 bits per heavy atom. The summed E-state index contributed by atoms with van der Waals surface area (Å²) in [6.45, 7) is 3.57. The molecule has 0 amide bonds. The van der Waals surface area contributed by atoms with Gasteiger partial charge in [0.1, 0.15) is 5.69 Å². The van der Waals surface area contributed by atoms with Gasteiger partial charge in [0.15, 0.2) is 11.6 Å². The van der Waals surface area contributed by atoms with E-state index >= 15 is 0 Å². The zero-order valence-corrected chi connectivity index (χ0v) is 15.6. The number of hydrazine groups is 2. The first-order chi connectivity index (χ1) is 12.8. The molecular formula is C17H19F2N5O2S. The van der Waals surface area contributed by atoms with Crippen LogP contribution < -0.4 is 20.7 Å². The second kappa shape index (κ2) is 7.49. The number of nitrogens with zero attached hydrogens (tertiary/aromatic N) is 2. The maximum absolute atomic E-state index is 14.8. The van der Waals surface area contributed by atoms with Crippen molar-refractivity contribution in [1.82, 2.24) is 15.9 Å². The van der Waals surface area contributed by atoms with Crippen LogP contribution in [0, 0.1) is 18.6 Å². The van der Waals surface area contributed by atoms with Gasteiger partial charge in [0.05, 0.1) is 17.1 Å². The molecule has 1 aromatic carbocycles. The van der Waals surface area contributed by atoms with Gasteiger partial charge in [-0.25, -0.2) is 17.2 Å². The smallest absolute Gasteiger partial charge is 0.232 e. The third kappa shape index (κ3) is 4.17. The molecule has 1 aliphatic heterocycles. The number of benzene rings is 1. The Balaban J connectivity index is 1.94. The Morgan fingerprint density at radius 3 is 2.74 bits per heavy atom. The molecule has 0 unspecified atom stereocenters. The van der Waals surface area contributed by atoms with E-state index in [2.05, 4.69) is 20.7 Å². The van der Waals surface area contributed by atoms with E-state index in [1.165, 1.54) is 6.20 Å². The van der Waals surface area contributed by atoms with Crippen molar-refractivity contribution < 1.29 is 17.2 Å². The summed E-state index contributed by atoms with van der Waals surface area (Å²) in [4.78, 5) is 4.08. The van der Waals surface area contributed by atoms with Gasteiger partial charge in [-0.3, -0.25) is 14.7 Å². The molecule has 2 heterocycles. The van der Waals surface area contributed by atoms with E-state index in [1.54, 1.807) is 19.3 Å². The molecule has 1 aliphatic rings. The van der Waals surface area contributed by atoms with Crippen LogP contribution in [0.3, 0.4) is 0 Å². The number of sulfonamides is 1. The van der Waals surface area contributed by atoms with Gasteiger partial charge in [-0.15, -0.1) is 5.53 Å². The monoisotopic (exact) mass is 395 g/mol. The molecule has 0 saturated heterocycles. The molecule has 0 spiro atoms. The second-order valence-electron chi connectivity index (χ2n) is 6.08. The summed E-state index contributed by atoms with van der Waals surface area (Å²) in [5, 5.41) is 1.11. The Bertz CT molecular complexity index is 995. The highest BCUT2D eigenvalue weighted by atomic mass is 32.2. The van der Waals surface area contributed by atoms with Crippen molar-refractivity contribution in [3.63, 3.8) is 0 Å². The lowest BCUT2D eigenvalue weighted by atomic mass is 10.2. The Morgan fingerprint density at radius 2 is 2.04 bits per heavy atom. The topological polar surface area (TPSA) is 86.4 Å². The number of anilines is 2. The van der Waals surface area contributed by atoms with Crippen molar-refractivity contribution in [3.8, 4) is 0 Å². The molecular weight excluding hydrogens is 376 g/mol. The zero-order valence-electron chi connectivity index (χ0n) is 14.8. The first-order valence-electron chi connectivity index (χ1n) is 8.24. The predicted molar refractivity (Wildman–Crippen MR) is 99.8 cm³/mol. The highest BCUT2D eigenvalue weighted by Crippen LogP contribution is 2.31. The van der Waals surface area contributed by atoms with Crippen molar-refractivity contribution >= 4 is 27.1 Å². The molecule has 0 aliphatic carbocycles. The van der Waals surface area contributed by atoms with Gasteiger partial charge >= 0.3 is 0 Å². The molecule has 144 valence electrons. The van der Waals surface area contributed by atoms with Gasteiger partial charge in [-0.05, 0) is 37.1 Å². The summed E-state index contributed by atoms with van der Waals surface area (Å²) >= 11 is 0. The van der Waals surface area contributed by atoms with Crippen LogP contribution in [-0.4, -0.2) is 19.2 Å². The van der Waals surface area contributed by atoms with Gasteiger partial charge in [-0.2, -0.15) is 0 Å². The number of aromatic nitrogens is 1. The van der Waals surface area contributed by atoms with E-state index in [0.29, 0.717) is 12.1 Å². The van der Waals surface area contributed by atoms with E-state index < -0.39 is 27.3 Å². The minimum absolute atomic E-state index is 0.160. The Labute approximate surface area is 156 Å². The number of pyridine rings is 1. The highest BCUT2D eigenvalue weighted by Gasteiger charge is 2.24. The number of halogens is 2. The SMILES string of the molecule is CCCS(=O)(=O)Nc1ccc(F)c(N2C=C(c3cncc(C)c3)NN2)c1F. The molecule has 3 rings (SSSR count). The number of rotatable bonds is 6. The number of aryl methyl sites for hydroxylation is 1. The lowest BCUT2D eigenvalue weighted by molar-refractivity contribution is 0.564. The summed E-state index contributed by atoms with van der Waals surface area (Å²) < 4.78 is 55.1. The van der Waals surface area contributed by atoms with Crippen LogP contribution in [0.5, 0.6) is 0 Å². The molecule has 3 N–H and O–H groups in total. The van der Waals surface area contributed by atoms with Gasteiger partial charge < -0.3 is 5.43 Å². The average molecular weight is 395 g/mol. The van der Waals surface area contributed by atoms with Gasteiger partial charge in [0, 0.05) is 24.2 Å². The molecule has 2 aromatic rings. The lowest BCUT2D eigenvalue weighted by Gasteiger charge is -2.18. The molecule has 1 aromatic heterocycles. The van der Waals surface area contributed by atoms with E-state index in [0.717, 1.165) is 28.3 Å². The maximum Gasteiger partial charge on any atom is 0.232 e. The minimum atomic E-state index is -3.71. The standard InChI is InChI=1S/C17H19F2N5O2S/c1-3-6-27(25,26)22-14-5-4-13(18)17(16(14)19)24-10-15(21-23-24)12-7-11(2)8-20-9-12/h4-5,7-10,21-23H,3,6H2,1-2H3. The fourth-order valence-corrected chi connectivity index (χ4v) is 3.74. The number of hydrogen-bond acceptors (Lipinski definition) is 6. The summed E-state index contributed by atoms with van der Waals surface area (Å²) in [5.41, 5.74) is 6.92. The van der Waals surface area contributed by atoms with Gasteiger partial charge in [-0.1, -0.05) is 6.92 Å². The zero-order chi connectivity index (χ0) is 19.6. The normalized spacial score (nSPS) is 14.1. The fourth-order valence-electron chi connectivity index (χ4n) is 2.61. The molecule has 0 atom stereocenters. The predicted octanol–water partition coefficient (Wildman–Crippen LogP) is 2.65. The van der Waals surface area contributed by atoms with Crippen LogP contribution >= 0.6 is 0 Å². The number of hydrogen-bond donors (Lipinski definition) is 3. The van der Waals surface area contributed by atoms with Crippen molar-refractivity contribution in [2.45, 2.75) is 20.3 Å². The Hall–Kier alpha value is -2.72. The van der Waals surface area contributed by atoms with Crippen LogP contribution in [0.2, 0.25) is 0 Å². The first-order valence-corrected chi connectivity index (χ1v) is 9.89. The Kier molecular flexibility index (Phi) is 5.29. The van der Waals surface area contributed by atoms with Gasteiger partial charge in [0.25, 0.3) is 0 Å². The van der Waals surface area contributed by atoms with Gasteiger partial charge in [0.2, 0.25) is 10.0 Å². The lowest BCUT2D eigenvalue weighted by Crippen LogP contribution is -2.37. The maximum atomic E-state index is 14.8. The van der Waals surface area contributed by atoms with Crippen LogP contribution in [0.4, 0.5) is 20.2 Å². The summed E-state index contributed by atoms with van der Waals surface area (Å²) in [6, 6.07) is 3.92. The highest BCUT2D eigenvalue weighted by molar-refractivity contribution is 7.92. The summed E-state index contributed by atoms with van der Waals surface area (Å²) in [5.74, 6) is -2.03. The molecule has 7 nitrogen and oxygen atoms in total. The minimum Gasteiger partial charge on any atom is -0.301 e. The van der Waals surface area contributed by atoms with Crippen LogP contribution in [0.1, 0.15) is 24.5 Å². The fraction of sp³-hybridized carbons (Fsp3) is 0.235. The molecule has 0 fully saturated rings. The molecule has 0 saturated carbocycles. The number of nitrogens with one attached hydrogen (secondary N) is 3. The summed E-state index contributed by atoms with van der Waals surface area (Å²) in [7, 11) is -3.71. The summed E-state index contributed by atoms with van der Waals surface area (Å²) in [6.07, 6.45) is 5.13. The largest absolute Gasteiger partial charge is 0.301 e. The average Bonchev–Trinajstić information content (AvgIpc) is 3.07. The van der Waals surface area contributed by atoms with Crippen LogP contribution in [0.15, 0.2) is 36.8 Å². The van der Waals surface area contributed by atoms with Crippen molar-refractivity contribution in [2.24, 2.45) is 0 Å². The third-order valence-electron chi connectivity index (χ3n) is 3.80. The van der Waals surface area contributed by atoms with Crippen molar-refractivity contribution in [1.29, 1.82) is 0 Å².